The molecule has 0 N–H and O–H groups in total. The molecule has 0 atom stereocenters. The lowest BCUT2D eigenvalue weighted by atomic mass is 10.2. The van der Waals surface area contributed by atoms with Crippen LogP contribution in [-0.2, 0) is 6.61 Å². The lowest BCUT2D eigenvalue weighted by molar-refractivity contribution is 0.268. The summed E-state index contributed by atoms with van der Waals surface area (Å²) in [4.78, 5) is 8.91. The Morgan fingerprint density at radius 1 is 1.04 bits per heavy atom. The van der Waals surface area contributed by atoms with Crippen molar-refractivity contribution >= 4 is 67.2 Å². The molecule has 0 unspecified atom stereocenters. The van der Waals surface area contributed by atoms with Crippen LogP contribution in [0.5, 0.6) is 5.75 Å². The maximum absolute atomic E-state index is 5.99. The fourth-order valence-corrected chi connectivity index (χ4v) is 4.46. The molecule has 6 heteroatoms. The van der Waals surface area contributed by atoms with E-state index in [1.807, 2.05) is 36.4 Å². The maximum atomic E-state index is 5.99. The SMILES string of the molecule is Ic1cc(I)c2cccnc2c1OCc1nc2ccccc2o1. The van der Waals surface area contributed by atoms with Gasteiger partial charge in [0.1, 0.15) is 11.0 Å². The minimum absolute atomic E-state index is 0.275. The number of hydrogen-bond donors (Lipinski definition) is 0. The van der Waals surface area contributed by atoms with Crippen LogP contribution in [0.15, 0.2) is 53.1 Å². The molecule has 0 fully saturated rings. The van der Waals surface area contributed by atoms with Crippen molar-refractivity contribution in [3.8, 4) is 5.75 Å². The monoisotopic (exact) mass is 528 g/mol. The summed E-state index contributed by atoms with van der Waals surface area (Å²) in [6.07, 6.45) is 1.78. The molecule has 0 amide bonds. The second-order valence-corrected chi connectivity index (χ2v) is 7.26. The average Bonchev–Trinajstić information content (AvgIpc) is 2.97. The van der Waals surface area contributed by atoms with Gasteiger partial charge in [-0.25, -0.2) is 4.98 Å². The highest BCUT2D eigenvalue weighted by molar-refractivity contribution is 14.1. The van der Waals surface area contributed by atoms with Gasteiger partial charge in [-0.15, -0.1) is 0 Å². The average molecular weight is 528 g/mol. The molecule has 4 rings (SSSR count). The van der Waals surface area contributed by atoms with Crippen molar-refractivity contribution in [3.05, 3.63) is 61.7 Å². The van der Waals surface area contributed by atoms with E-state index < -0.39 is 0 Å². The number of fused-ring (bicyclic) bond motifs is 2. The van der Waals surface area contributed by atoms with E-state index in [1.54, 1.807) is 6.20 Å². The van der Waals surface area contributed by atoms with Crippen molar-refractivity contribution in [2.24, 2.45) is 0 Å². The number of nitrogens with zero attached hydrogens (tertiary/aromatic N) is 2. The molecule has 23 heavy (non-hydrogen) atoms. The Labute approximate surface area is 159 Å². The number of benzene rings is 2. The van der Waals surface area contributed by atoms with Gasteiger partial charge in [0.15, 0.2) is 17.9 Å². The highest BCUT2D eigenvalue weighted by atomic mass is 127. The van der Waals surface area contributed by atoms with Crippen molar-refractivity contribution in [1.29, 1.82) is 0 Å². The first-order chi connectivity index (χ1) is 11.2. The van der Waals surface area contributed by atoms with E-state index in [0.717, 1.165) is 34.9 Å². The van der Waals surface area contributed by atoms with Crippen LogP contribution in [0, 0.1) is 7.14 Å². The minimum Gasteiger partial charge on any atom is -0.480 e. The summed E-state index contributed by atoms with van der Waals surface area (Å²) >= 11 is 4.59. The zero-order chi connectivity index (χ0) is 15.8. The standard InChI is InChI=1S/C17H10I2N2O2/c18-11-8-12(19)17(16-10(11)4-3-7-20-16)22-9-15-21-13-5-1-2-6-14(13)23-15/h1-8H,9H2. The first-order valence-corrected chi connectivity index (χ1v) is 9.08. The van der Waals surface area contributed by atoms with E-state index in [-0.39, 0.29) is 6.61 Å². The third-order valence-corrected chi connectivity index (χ3v) is 5.12. The van der Waals surface area contributed by atoms with Gasteiger partial charge in [-0.1, -0.05) is 18.2 Å². The molecular weight excluding hydrogens is 518 g/mol. The predicted octanol–water partition coefficient (Wildman–Crippen LogP) is 5.16. The number of hydrogen-bond acceptors (Lipinski definition) is 4. The van der Waals surface area contributed by atoms with Gasteiger partial charge in [0.05, 0.1) is 3.57 Å². The molecule has 0 radical (unpaired) electrons. The lowest BCUT2D eigenvalue weighted by Gasteiger charge is -2.10. The molecule has 0 saturated heterocycles. The normalized spacial score (nSPS) is 11.2. The van der Waals surface area contributed by atoms with Crippen molar-refractivity contribution in [1.82, 2.24) is 9.97 Å². The van der Waals surface area contributed by atoms with E-state index in [1.165, 1.54) is 0 Å². The molecule has 0 aliphatic carbocycles. The fourth-order valence-electron chi connectivity index (χ4n) is 2.40. The maximum Gasteiger partial charge on any atom is 0.233 e. The summed E-state index contributed by atoms with van der Waals surface area (Å²) in [7, 11) is 0. The second kappa shape index (κ2) is 6.23. The van der Waals surface area contributed by atoms with Gasteiger partial charge < -0.3 is 9.15 Å². The Morgan fingerprint density at radius 2 is 1.91 bits per heavy atom. The summed E-state index contributed by atoms with van der Waals surface area (Å²) < 4.78 is 13.9. The van der Waals surface area contributed by atoms with Gasteiger partial charge in [0, 0.05) is 15.2 Å². The Kier molecular flexibility index (Phi) is 4.10. The van der Waals surface area contributed by atoms with Gasteiger partial charge in [0.2, 0.25) is 5.89 Å². The zero-order valence-corrected chi connectivity index (χ0v) is 16.1. The van der Waals surface area contributed by atoms with Crippen LogP contribution in [0.4, 0.5) is 0 Å². The molecule has 114 valence electrons. The lowest BCUT2D eigenvalue weighted by Crippen LogP contribution is -1.99. The van der Waals surface area contributed by atoms with Crippen molar-refractivity contribution in [3.63, 3.8) is 0 Å². The van der Waals surface area contributed by atoms with E-state index >= 15 is 0 Å². The number of oxazole rings is 1. The smallest absolute Gasteiger partial charge is 0.233 e. The Morgan fingerprint density at radius 3 is 2.78 bits per heavy atom. The van der Waals surface area contributed by atoms with E-state index in [9.17, 15) is 0 Å². The molecule has 0 bridgehead atoms. The Bertz CT molecular complexity index is 981. The third-order valence-electron chi connectivity index (χ3n) is 3.43. The topological polar surface area (TPSA) is 48.2 Å². The molecule has 2 aromatic carbocycles. The van der Waals surface area contributed by atoms with E-state index in [0.29, 0.717) is 5.89 Å². The predicted molar refractivity (Wildman–Crippen MR) is 106 cm³/mol. The zero-order valence-electron chi connectivity index (χ0n) is 11.8. The van der Waals surface area contributed by atoms with Crippen molar-refractivity contribution in [2.75, 3.05) is 0 Å². The van der Waals surface area contributed by atoms with Gasteiger partial charge in [-0.3, -0.25) is 4.98 Å². The van der Waals surface area contributed by atoms with Crippen LogP contribution >= 0.6 is 45.2 Å². The number of aromatic nitrogens is 2. The molecular formula is C17H10I2N2O2. The second-order valence-electron chi connectivity index (χ2n) is 4.93. The molecule has 0 saturated carbocycles. The minimum atomic E-state index is 0.275. The molecule has 0 aliphatic rings. The molecule has 2 heterocycles. The van der Waals surface area contributed by atoms with Crippen LogP contribution < -0.4 is 4.74 Å². The molecule has 4 nitrogen and oxygen atoms in total. The van der Waals surface area contributed by atoms with Gasteiger partial charge >= 0.3 is 0 Å². The van der Waals surface area contributed by atoms with Crippen molar-refractivity contribution < 1.29 is 9.15 Å². The summed E-state index contributed by atoms with van der Waals surface area (Å²) in [5, 5.41) is 1.08. The van der Waals surface area contributed by atoms with Gasteiger partial charge in [-0.2, -0.15) is 0 Å². The summed E-state index contributed by atoms with van der Waals surface area (Å²) in [6, 6.07) is 13.8. The fraction of sp³-hybridized carbons (Fsp3) is 0.0588. The number of halogens is 2. The van der Waals surface area contributed by atoms with E-state index in [2.05, 4.69) is 61.2 Å². The number of para-hydroxylation sites is 2. The number of pyridine rings is 1. The van der Waals surface area contributed by atoms with E-state index in [4.69, 9.17) is 9.15 Å². The number of ether oxygens (including phenoxy) is 1. The summed E-state index contributed by atoms with van der Waals surface area (Å²) in [5.41, 5.74) is 2.47. The van der Waals surface area contributed by atoms with Crippen LogP contribution in [0.2, 0.25) is 0 Å². The van der Waals surface area contributed by atoms with Crippen LogP contribution in [0.1, 0.15) is 5.89 Å². The largest absolute Gasteiger partial charge is 0.480 e. The third kappa shape index (κ3) is 2.89. The first kappa shape index (κ1) is 15.1. The summed E-state index contributed by atoms with van der Waals surface area (Å²) in [6.45, 7) is 0.275. The van der Waals surface area contributed by atoms with Gasteiger partial charge in [0.25, 0.3) is 0 Å². The molecule has 2 aromatic heterocycles. The van der Waals surface area contributed by atoms with Crippen LogP contribution in [0.25, 0.3) is 22.0 Å². The molecule has 4 aromatic rings. The molecule has 0 spiro atoms. The molecule has 0 aliphatic heterocycles. The first-order valence-electron chi connectivity index (χ1n) is 6.92. The number of rotatable bonds is 3. The summed E-state index contributed by atoms with van der Waals surface area (Å²) in [5.74, 6) is 1.33. The Hall–Kier alpha value is -1.42. The van der Waals surface area contributed by atoms with Gasteiger partial charge in [-0.05, 0) is 69.4 Å². The van der Waals surface area contributed by atoms with Crippen molar-refractivity contribution in [2.45, 2.75) is 6.61 Å². The van der Waals surface area contributed by atoms with Crippen LogP contribution in [-0.4, -0.2) is 9.97 Å². The quantitative estimate of drug-likeness (QED) is 0.345. The van der Waals surface area contributed by atoms with Crippen LogP contribution in [0.3, 0.4) is 0 Å². The Balaban J connectivity index is 1.70. The highest BCUT2D eigenvalue weighted by Gasteiger charge is 2.13. The highest BCUT2D eigenvalue weighted by Crippen LogP contribution is 2.33.